The molecule has 110 valence electrons. The molecule has 4 heteroatoms. The Kier molecular flexibility index (Phi) is 3.55. The van der Waals surface area contributed by atoms with Gasteiger partial charge in [-0.15, -0.1) is 0 Å². The molecule has 2 heterocycles. The summed E-state index contributed by atoms with van der Waals surface area (Å²) in [5, 5.41) is 0. The minimum Gasteiger partial charge on any atom is -0.399 e. The molecule has 0 radical (unpaired) electrons. The highest BCUT2D eigenvalue weighted by molar-refractivity contribution is 6.62. The fourth-order valence-corrected chi connectivity index (χ4v) is 2.49. The molecule has 0 aliphatic carbocycles. The lowest BCUT2D eigenvalue weighted by Gasteiger charge is -2.32. The molecule has 0 bridgehead atoms. The third-order valence-corrected chi connectivity index (χ3v) is 4.34. The van der Waals surface area contributed by atoms with Gasteiger partial charge >= 0.3 is 7.12 Å². The monoisotopic (exact) mass is 275 g/mol. The summed E-state index contributed by atoms with van der Waals surface area (Å²) in [4.78, 5) is 4.63. The third-order valence-electron chi connectivity index (χ3n) is 4.34. The number of nitrogens with zero attached hydrogens (tertiary/aromatic N) is 1. The lowest BCUT2D eigenvalue weighted by Crippen LogP contribution is -2.41. The van der Waals surface area contributed by atoms with E-state index in [0.717, 1.165) is 11.2 Å². The second-order valence-corrected chi connectivity index (χ2v) is 7.77. The predicted octanol–water partition coefficient (Wildman–Crippen LogP) is 2.99. The van der Waals surface area contributed by atoms with Crippen LogP contribution in [0.15, 0.2) is 12.3 Å². The third kappa shape index (κ3) is 2.64. The van der Waals surface area contributed by atoms with E-state index in [-0.39, 0.29) is 23.7 Å². The molecule has 0 N–H and O–H groups in total. The SMILES string of the molecule is Cc1cc(B2OC(C)(C)C(C)(C)O2)cnc1C(C)(C)C. The van der Waals surface area contributed by atoms with Crippen LogP contribution >= 0.6 is 0 Å². The Morgan fingerprint density at radius 3 is 1.95 bits per heavy atom. The molecular weight excluding hydrogens is 249 g/mol. The summed E-state index contributed by atoms with van der Waals surface area (Å²) in [5.41, 5.74) is 2.73. The van der Waals surface area contributed by atoms with Crippen molar-refractivity contribution in [3.8, 4) is 0 Å². The average Bonchev–Trinajstić information content (AvgIpc) is 2.46. The second kappa shape index (κ2) is 4.57. The molecule has 20 heavy (non-hydrogen) atoms. The zero-order valence-corrected chi connectivity index (χ0v) is 14.0. The van der Waals surface area contributed by atoms with Gasteiger partial charge in [0.05, 0.1) is 11.2 Å². The lowest BCUT2D eigenvalue weighted by atomic mass is 9.78. The quantitative estimate of drug-likeness (QED) is 0.738. The maximum absolute atomic E-state index is 6.07. The van der Waals surface area contributed by atoms with E-state index in [0.29, 0.717) is 0 Å². The summed E-state index contributed by atoms with van der Waals surface area (Å²) in [6.07, 6.45) is 1.88. The van der Waals surface area contributed by atoms with Gasteiger partial charge in [0.15, 0.2) is 0 Å². The normalized spacial score (nSPS) is 21.3. The van der Waals surface area contributed by atoms with Crippen molar-refractivity contribution in [3.05, 3.63) is 23.5 Å². The van der Waals surface area contributed by atoms with Crippen LogP contribution in [0.2, 0.25) is 0 Å². The van der Waals surface area contributed by atoms with Crippen molar-refractivity contribution in [3.63, 3.8) is 0 Å². The van der Waals surface area contributed by atoms with Gasteiger partial charge in [0.2, 0.25) is 0 Å². The van der Waals surface area contributed by atoms with Crippen LogP contribution in [0.5, 0.6) is 0 Å². The molecule has 1 aromatic rings. The summed E-state index contributed by atoms with van der Waals surface area (Å²) >= 11 is 0. The largest absolute Gasteiger partial charge is 0.496 e. The maximum atomic E-state index is 6.07. The molecule has 2 rings (SSSR count). The molecule has 0 unspecified atom stereocenters. The van der Waals surface area contributed by atoms with Gasteiger partial charge in [0.25, 0.3) is 0 Å². The molecule has 3 nitrogen and oxygen atoms in total. The van der Waals surface area contributed by atoms with E-state index in [2.05, 4.69) is 66.4 Å². The molecule has 0 atom stereocenters. The first-order chi connectivity index (χ1) is 8.94. The van der Waals surface area contributed by atoms with Crippen molar-refractivity contribution in [2.24, 2.45) is 0 Å². The van der Waals surface area contributed by atoms with Crippen LogP contribution in [0.25, 0.3) is 0 Å². The molecule has 0 amide bonds. The van der Waals surface area contributed by atoms with Gasteiger partial charge in [-0.25, -0.2) is 0 Å². The van der Waals surface area contributed by atoms with E-state index in [1.807, 2.05) is 6.20 Å². The van der Waals surface area contributed by atoms with Gasteiger partial charge in [0.1, 0.15) is 0 Å². The number of aromatic nitrogens is 1. The Morgan fingerprint density at radius 2 is 1.55 bits per heavy atom. The van der Waals surface area contributed by atoms with Gasteiger partial charge < -0.3 is 9.31 Å². The minimum atomic E-state index is -0.333. The average molecular weight is 275 g/mol. The number of aryl methyl sites for hydroxylation is 1. The van der Waals surface area contributed by atoms with Crippen LogP contribution < -0.4 is 5.46 Å². The van der Waals surface area contributed by atoms with Gasteiger partial charge in [0, 0.05) is 22.8 Å². The van der Waals surface area contributed by atoms with E-state index in [1.54, 1.807) is 0 Å². The van der Waals surface area contributed by atoms with E-state index >= 15 is 0 Å². The van der Waals surface area contributed by atoms with Crippen molar-refractivity contribution in [2.75, 3.05) is 0 Å². The lowest BCUT2D eigenvalue weighted by molar-refractivity contribution is 0.00578. The summed E-state index contributed by atoms with van der Waals surface area (Å²) in [5.74, 6) is 0. The van der Waals surface area contributed by atoms with Crippen molar-refractivity contribution in [2.45, 2.75) is 72.0 Å². The van der Waals surface area contributed by atoms with Crippen LogP contribution in [0.3, 0.4) is 0 Å². The first kappa shape index (κ1) is 15.5. The molecule has 0 aromatic carbocycles. The summed E-state index contributed by atoms with van der Waals surface area (Å²) in [7, 11) is -0.333. The van der Waals surface area contributed by atoms with Crippen molar-refractivity contribution in [1.82, 2.24) is 4.98 Å². The molecule has 1 aromatic heterocycles. The topological polar surface area (TPSA) is 31.4 Å². The second-order valence-electron chi connectivity index (χ2n) is 7.77. The van der Waals surface area contributed by atoms with Crippen LogP contribution in [0.1, 0.15) is 59.7 Å². The molecule has 0 saturated carbocycles. The van der Waals surface area contributed by atoms with Crippen LogP contribution in [-0.4, -0.2) is 23.3 Å². The summed E-state index contributed by atoms with van der Waals surface area (Å²) in [6, 6.07) is 2.13. The smallest absolute Gasteiger partial charge is 0.399 e. The Balaban J connectivity index is 2.31. The number of pyridine rings is 1. The summed E-state index contributed by atoms with van der Waals surface area (Å²) in [6.45, 7) is 16.9. The van der Waals surface area contributed by atoms with Gasteiger partial charge in [-0.1, -0.05) is 26.8 Å². The molecular formula is C16H26BNO2. The molecule has 0 spiro atoms. The molecule has 1 aliphatic rings. The Bertz CT molecular complexity index is 502. The van der Waals surface area contributed by atoms with E-state index in [4.69, 9.17) is 9.31 Å². The Hall–Kier alpha value is -0.865. The fraction of sp³-hybridized carbons (Fsp3) is 0.688. The Labute approximate surface area is 123 Å². The van der Waals surface area contributed by atoms with E-state index in [1.165, 1.54) is 5.56 Å². The van der Waals surface area contributed by atoms with Gasteiger partial charge in [-0.05, 0) is 40.2 Å². The highest BCUT2D eigenvalue weighted by Crippen LogP contribution is 2.36. The zero-order valence-electron chi connectivity index (χ0n) is 14.0. The fourth-order valence-electron chi connectivity index (χ4n) is 2.49. The standard InChI is InChI=1S/C16H26BNO2/c1-11-9-12(10-18-13(11)14(2,3)4)17-19-15(5,6)16(7,8)20-17/h9-10H,1-8H3. The van der Waals surface area contributed by atoms with Gasteiger partial charge in [-0.3, -0.25) is 4.98 Å². The number of hydrogen-bond acceptors (Lipinski definition) is 3. The maximum Gasteiger partial charge on any atom is 0.496 e. The Morgan fingerprint density at radius 1 is 1.05 bits per heavy atom. The predicted molar refractivity (Wildman–Crippen MR) is 83.4 cm³/mol. The van der Waals surface area contributed by atoms with Crippen LogP contribution in [0, 0.1) is 6.92 Å². The zero-order chi connectivity index (χ0) is 15.3. The van der Waals surface area contributed by atoms with E-state index in [9.17, 15) is 0 Å². The highest BCUT2D eigenvalue weighted by atomic mass is 16.7. The molecule has 1 saturated heterocycles. The highest BCUT2D eigenvalue weighted by Gasteiger charge is 2.51. The van der Waals surface area contributed by atoms with E-state index < -0.39 is 0 Å². The molecule has 1 fully saturated rings. The van der Waals surface area contributed by atoms with Crippen molar-refractivity contribution in [1.29, 1.82) is 0 Å². The van der Waals surface area contributed by atoms with Gasteiger partial charge in [-0.2, -0.15) is 0 Å². The first-order valence-corrected chi connectivity index (χ1v) is 7.27. The first-order valence-electron chi connectivity index (χ1n) is 7.27. The summed E-state index contributed by atoms with van der Waals surface area (Å²) < 4.78 is 12.1. The van der Waals surface area contributed by atoms with Crippen molar-refractivity contribution >= 4 is 12.6 Å². The molecule has 1 aliphatic heterocycles. The number of rotatable bonds is 1. The van der Waals surface area contributed by atoms with Crippen LogP contribution in [-0.2, 0) is 14.7 Å². The van der Waals surface area contributed by atoms with Crippen LogP contribution in [0.4, 0.5) is 0 Å². The van der Waals surface area contributed by atoms with Crippen molar-refractivity contribution < 1.29 is 9.31 Å². The minimum absolute atomic E-state index is 0.0541. The number of hydrogen-bond donors (Lipinski definition) is 0.